The van der Waals surface area contributed by atoms with Gasteiger partial charge in [0.25, 0.3) is 5.91 Å². The minimum absolute atomic E-state index is 0.0556. The minimum atomic E-state index is -0.191. The van der Waals surface area contributed by atoms with Crippen molar-refractivity contribution in [1.29, 1.82) is 0 Å². The third-order valence-electron chi connectivity index (χ3n) is 6.08. The van der Waals surface area contributed by atoms with E-state index in [4.69, 9.17) is 4.52 Å². The van der Waals surface area contributed by atoms with Gasteiger partial charge in [0, 0.05) is 45.2 Å². The van der Waals surface area contributed by atoms with Crippen molar-refractivity contribution in [2.24, 2.45) is 11.3 Å². The minimum Gasteiger partial charge on any atom is -0.361 e. The lowest BCUT2D eigenvalue weighted by Crippen LogP contribution is -2.64. The van der Waals surface area contributed by atoms with Gasteiger partial charge in [0.05, 0.1) is 11.6 Å². The van der Waals surface area contributed by atoms with Crippen LogP contribution < -0.4 is 5.32 Å². The maximum absolute atomic E-state index is 12.9. The Morgan fingerprint density at radius 1 is 1.21 bits per heavy atom. The molecule has 0 aliphatic carbocycles. The van der Waals surface area contributed by atoms with Crippen LogP contribution in [0.5, 0.6) is 0 Å². The van der Waals surface area contributed by atoms with Gasteiger partial charge in [-0.2, -0.15) is 0 Å². The van der Waals surface area contributed by atoms with E-state index in [2.05, 4.69) is 27.5 Å². The first kappa shape index (κ1) is 18.7. The molecule has 3 heterocycles. The molecule has 7 heteroatoms. The molecule has 0 bridgehead atoms. The highest BCUT2D eigenvalue weighted by atomic mass is 16.5. The van der Waals surface area contributed by atoms with Crippen LogP contribution in [-0.2, 0) is 11.3 Å². The van der Waals surface area contributed by atoms with Gasteiger partial charge in [0.15, 0.2) is 0 Å². The molecular weight excluding hydrogens is 356 g/mol. The third-order valence-corrected chi connectivity index (χ3v) is 6.08. The number of nitrogens with zero attached hydrogens (tertiary/aromatic N) is 3. The van der Waals surface area contributed by atoms with Gasteiger partial charge in [0.2, 0.25) is 5.91 Å². The Morgan fingerprint density at radius 2 is 1.93 bits per heavy atom. The zero-order chi connectivity index (χ0) is 19.9. The van der Waals surface area contributed by atoms with Crippen molar-refractivity contribution in [2.45, 2.75) is 20.4 Å². The van der Waals surface area contributed by atoms with E-state index in [9.17, 15) is 9.59 Å². The predicted octanol–water partition coefficient (Wildman–Crippen LogP) is 1.61. The van der Waals surface area contributed by atoms with Crippen LogP contribution in [0.15, 0.2) is 34.9 Å². The molecule has 2 aliphatic rings. The highest BCUT2D eigenvalue weighted by Gasteiger charge is 2.57. The molecule has 2 fully saturated rings. The Hall–Kier alpha value is -2.67. The molecule has 4 rings (SSSR count). The van der Waals surface area contributed by atoms with Crippen LogP contribution >= 0.6 is 0 Å². The van der Waals surface area contributed by atoms with Crippen LogP contribution in [-0.4, -0.2) is 60.0 Å². The van der Waals surface area contributed by atoms with Crippen molar-refractivity contribution < 1.29 is 14.1 Å². The maximum Gasteiger partial charge on any atom is 0.259 e. The van der Waals surface area contributed by atoms with Crippen molar-refractivity contribution in [3.8, 4) is 0 Å². The van der Waals surface area contributed by atoms with Gasteiger partial charge >= 0.3 is 0 Å². The first-order valence-corrected chi connectivity index (χ1v) is 9.63. The number of nitrogens with one attached hydrogen (secondary N) is 1. The number of hydrogen-bond donors (Lipinski definition) is 1. The second-order valence-corrected chi connectivity index (χ2v) is 8.04. The molecule has 1 N–H and O–H groups in total. The number of amides is 2. The van der Waals surface area contributed by atoms with E-state index in [1.807, 2.05) is 23.1 Å². The van der Waals surface area contributed by atoms with Gasteiger partial charge in [-0.05, 0) is 19.4 Å². The van der Waals surface area contributed by atoms with Crippen LogP contribution in [0.1, 0.15) is 27.4 Å². The number of rotatable bonds is 4. The standard InChI is InChI=1S/C21H26N4O3/c1-14-18(15(2)28-23-14)20(27)25-12-21(13-25)11-24(10-17(21)19(26)22-3)9-16-7-5-4-6-8-16/h4-8,17H,9-13H2,1-3H3,(H,22,26). The van der Waals surface area contributed by atoms with Crippen molar-refractivity contribution in [3.05, 3.63) is 52.9 Å². The smallest absolute Gasteiger partial charge is 0.259 e. The van der Waals surface area contributed by atoms with E-state index in [1.165, 1.54) is 5.56 Å². The van der Waals surface area contributed by atoms with Crippen molar-refractivity contribution in [2.75, 3.05) is 33.2 Å². The van der Waals surface area contributed by atoms with E-state index >= 15 is 0 Å². The summed E-state index contributed by atoms with van der Waals surface area (Å²) in [6.07, 6.45) is 0. The molecule has 0 saturated carbocycles. The predicted molar refractivity (Wildman–Crippen MR) is 104 cm³/mol. The molecule has 7 nitrogen and oxygen atoms in total. The summed E-state index contributed by atoms with van der Waals surface area (Å²) in [6, 6.07) is 10.3. The number of aromatic nitrogens is 1. The van der Waals surface area contributed by atoms with Crippen LogP contribution in [0.2, 0.25) is 0 Å². The highest BCUT2D eigenvalue weighted by Crippen LogP contribution is 2.45. The van der Waals surface area contributed by atoms with Gasteiger partial charge < -0.3 is 14.7 Å². The second kappa shape index (κ2) is 7.05. The molecule has 1 aromatic carbocycles. The fraction of sp³-hybridized carbons (Fsp3) is 0.476. The van der Waals surface area contributed by atoms with E-state index in [1.54, 1.807) is 20.9 Å². The summed E-state index contributed by atoms with van der Waals surface area (Å²) in [4.78, 5) is 29.6. The summed E-state index contributed by atoms with van der Waals surface area (Å²) in [6.45, 7) is 7.04. The zero-order valence-corrected chi connectivity index (χ0v) is 16.6. The Balaban J connectivity index is 1.49. The molecule has 2 saturated heterocycles. The quantitative estimate of drug-likeness (QED) is 0.869. The topological polar surface area (TPSA) is 78.7 Å². The van der Waals surface area contributed by atoms with Crippen LogP contribution in [0.4, 0.5) is 0 Å². The van der Waals surface area contributed by atoms with Gasteiger partial charge in [-0.15, -0.1) is 0 Å². The number of benzene rings is 1. The van der Waals surface area contributed by atoms with E-state index in [0.29, 0.717) is 36.7 Å². The van der Waals surface area contributed by atoms with Gasteiger partial charge in [-0.3, -0.25) is 14.5 Å². The Bertz CT molecular complexity index is 867. The van der Waals surface area contributed by atoms with Gasteiger partial charge in [-0.25, -0.2) is 0 Å². The molecule has 2 aliphatic heterocycles. The lowest BCUT2D eigenvalue weighted by Gasteiger charge is -2.50. The molecule has 2 amide bonds. The number of carbonyl (C=O) groups is 2. The summed E-state index contributed by atoms with van der Waals surface area (Å²) in [7, 11) is 1.68. The molecule has 28 heavy (non-hydrogen) atoms. The largest absolute Gasteiger partial charge is 0.361 e. The summed E-state index contributed by atoms with van der Waals surface area (Å²) in [5, 5.41) is 6.70. The number of likely N-dealkylation sites (tertiary alicyclic amines) is 2. The molecule has 1 spiro atoms. The first-order chi connectivity index (χ1) is 13.4. The molecule has 2 aromatic rings. The first-order valence-electron chi connectivity index (χ1n) is 9.63. The van der Waals surface area contributed by atoms with Crippen LogP contribution in [0.25, 0.3) is 0 Å². The van der Waals surface area contributed by atoms with Crippen molar-refractivity contribution >= 4 is 11.8 Å². The second-order valence-electron chi connectivity index (χ2n) is 8.04. The Labute approximate surface area is 164 Å². The molecule has 1 unspecified atom stereocenters. The van der Waals surface area contributed by atoms with E-state index in [0.717, 1.165) is 13.1 Å². The van der Waals surface area contributed by atoms with Crippen molar-refractivity contribution in [3.63, 3.8) is 0 Å². The number of aryl methyl sites for hydroxylation is 2. The number of hydrogen-bond acceptors (Lipinski definition) is 5. The normalized spacial score (nSPS) is 21.0. The summed E-state index contributed by atoms with van der Waals surface area (Å²) < 4.78 is 5.14. The average molecular weight is 382 g/mol. The SMILES string of the molecule is CNC(=O)C1CN(Cc2ccccc2)CC12CN(C(=O)c1c(C)noc1C)C2. The van der Waals surface area contributed by atoms with Crippen LogP contribution in [0, 0.1) is 25.2 Å². The Kier molecular flexibility index (Phi) is 4.71. The molecule has 1 atom stereocenters. The molecule has 148 valence electrons. The van der Waals surface area contributed by atoms with E-state index in [-0.39, 0.29) is 23.1 Å². The fourth-order valence-corrected chi connectivity index (χ4v) is 4.69. The van der Waals surface area contributed by atoms with Crippen molar-refractivity contribution in [1.82, 2.24) is 20.3 Å². The molecule has 0 radical (unpaired) electrons. The zero-order valence-electron chi connectivity index (χ0n) is 16.6. The summed E-state index contributed by atoms with van der Waals surface area (Å²) >= 11 is 0. The van der Waals surface area contributed by atoms with Gasteiger partial charge in [-0.1, -0.05) is 35.5 Å². The highest BCUT2D eigenvalue weighted by molar-refractivity contribution is 5.97. The average Bonchev–Trinajstić information content (AvgIpc) is 3.20. The summed E-state index contributed by atoms with van der Waals surface area (Å²) in [5.41, 5.74) is 2.20. The molecular formula is C21H26N4O3. The number of carbonyl (C=O) groups excluding carboxylic acids is 2. The fourth-order valence-electron chi connectivity index (χ4n) is 4.69. The maximum atomic E-state index is 12.9. The van der Waals surface area contributed by atoms with E-state index < -0.39 is 0 Å². The van der Waals surface area contributed by atoms with Crippen LogP contribution in [0.3, 0.4) is 0 Å². The molecule has 1 aromatic heterocycles. The Morgan fingerprint density at radius 3 is 2.54 bits per heavy atom. The summed E-state index contributed by atoms with van der Waals surface area (Å²) in [5.74, 6) is 0.428. The lowest BCUT2D eigenvalue weighted by atomic mass is 9.71. The van der Waals surface area contributed by atoms with Gasteiger partial charge in [0.1, 0.15) is 11.3 Å². The lowest BCUT2D eigenvalue weighted by molar-refractivity contribution is -0.130. The third kappa shape index (κ3) is 3.09. The monoisotopic (exact) mass is 382 g/mol.